The Morgan fingerprint density at radius 1 is 0.401 bits per heavy atom. The monoisotopic (exact) mass is 1930 g/mol. The van der Waals surface area contributed by atoms with Crippen molar-refractivity contribution in [2.75, 3.05) is 62.6 Å². The Labute approximate surface area is 793 Å². The van der Waals surface area contributed by atoms with Crippen LogP contribution in [-0.2, 0) is 68.2 Å². The number of aliphatic hydroxyl groups excluding tert-OH is 8. The summed E-state index contributed by atoms with van der Waals surface area (Å²) in [6.07, 6.45) is -4.85. The van der Waals surface area contributed by atoms with Crippen molar-refractivity contribution in [3.05, 3.63) is 106 Å². The Morgan fingerprint density at radius 2 is 0.686 bits per heavy atom. The minimum atomic E-state index is -2.35. The van der Waals surface area contributed by atoms with Crippen LogP contribution in [-0.4, -0.2) is 278 Å². The fraction of sp³-hybridized carbons (Fsp3) is 0.573. The van der Waals surface area contributed by atoms with Crippen LogP contribution < -0.4 is 63.1 Å². The number of amides is 4. The van der Waals surface area contributed by atoms with Crippen LogP contribution in [0.2, 0.25) is 0 Å². The molecule has 13 rings (SSSR count). The second-order valence-electron chi connectivity index (χ2n) is 33.6. The molecule has 137 heavy (non-hydrogen) atoms. The van der Waals surface area contributed by atoms with Crippen LogP contribution in [0.25, 0.3) is 44.1 Å². The Balaban J connectivity index is 0.000000212. The summed E-state index contributed by atoms with van der Waals surface area (Å²) in [5, 5.41) is 84.9. The number of aryl methyl sites for hydroxylation is 4. The molecule has 48 nitrogen and oxygen atoms in total. The number of aromatic nitrogens is 12. The highest BCUT2D eigenvalue weighted by molar-refractivity contribution is 6.11. The number of primary amides is 4. The van der Waals surface area contributed by atoms with E-state index >= 15 is 0 Å². The van der Waals surface area contributed by atoms with Gasteiger partial charge in [-0.2, -0.15) is 0 Å². The molecule has 16 unspecified atom stereocenters. The van der Waals surface area contributed by atoms with E-state index in [1.165, 1.54) is 90.2 Å². The maximum absolute atomic E-state index is 12.4. The highest BCUT2D eigenvalue weighted by Gasteiger charge is 2.50. The molecule has 30 N–H and O–H groups in total. The quantitative estimate of drug-likeness (QED) is 0.0143. The lowest BCUT2D eigenvalue weighted by molar-refractivity contribution is -0.153. The fourth-order valence-corrected chi connectivity index (χ4v) is 15.3. The van der Waals surface area contributed by atoms with Gasteiger partial charge in [-0.05, 0) is 58.9 Å². The van der Waals surface area contributed by atoms with Crippen LogP contribution in [0.4, 0.5) is 23.3 Å². The predicted molar refractivity (Wildman–Crippen MR) is 495 cm³/mol. The van der Waals surface area contributed by atoms with Crippen LogP contribution in [0, 0.1) is 33.6 Å². The number of fused-ring (bicyclic) bond motifs is 4. The molecule has 1 aromatic carbocycles. The number of anilines is 4. The Hall–Kier alpha value is -12.0. The summed E-state index contributed by atoms with van der Waals surface area (Å²) in [5.41, 5.74) is 63.2. The molecule has 12 heterocycles. The van der Waals surface area contributed by atoms with Gasteiger partial charge in [-0.1, -0.05) is 142 Å². The number of hydrogen-bond donors (Lipinski definition) is 19. The van der Waals surface area contributed by atoms with Gasteiger partial charge in [-0.3, -0.25) is 38.4 Å². The lowest BCUT2D eigenvalue weighted by Gasteiger charge is -2.18. The van der Waals surface area contributed by atoms with E-state index in [9.17, 15) is 79.2 Å². The van der Waals surface area contributed by atoms with Crippen LogP contribution in [0.1, 0.15) is 232 Å². The standard InChI is InChI=1S/C32H53N5O7.C22H26N6O6.C18H26N6O6.C16H22N6O6.CH4/c1-3-4-5-6-7-8-9-10-11-12-13-14-15-16-18-42-19-17-25(38)43-21-24-27(39)28(40)32(44-24)37-20-23(30(34)41)26-29(33)35-22(2)36-31(26)37;1-10-26-18(24)15-12(19(25)31)8-28(20(15)27-10)21-17(30)16(29)14(34-21)9-33-22(32)13(23)7-11-5-3-2-4-6-11;1-6(2)11(19)18(28)29-5-9-12(25)13(26)17(30-9)24-4-8(15(21)27)10-14(20)22-7(3)23-16(10)24;1-5(17)16(26)27-4-8-10(23)11(24)15(28-8)22-3-7(13(19)25)9-12(18)20-6(2)21-14(9)22;/h20,24,27-28,32,39-40H,3-19,21H2,1-2H3,(H2,34,41)(H2,33,35,36);2-6,8,13-14,16-17,21,29-30H,7,9,23H2,1H3,(H2,25,31)(H2,24,26,27);4,6,9,11-13,17,25-26H,5,19H2,1-3H3,(H2,21,27)(H2,20,22,23);3,5,8,10-11,15,23-24H,4,17H2,1-2H3,(H2,19,25)(H2,18,20,21);1H4/t;13-,14?,16?,17?,21?;9?,11-,12?,13?,17?;5-,8?,10?,11?,15?;/m.000./s1/i32D;21D;17D;15D;. The zero-order valence-electron chi connectivity index (χ0n) is 80.7. The molecule has 8 aromatic heterocycles. The summed E-state index contributed by atoms with van der Waals surface area (Å²) < 4.78 is 87.7. The summed E-state index contributed by atoms with van der Waals surface area (Å²) in [6, 6.07) is 6.39. The van der Waals surface area contributed by atoms with Crippen molar-refractivity contribution in [3.8, 4) is 0 Å². The summed E-state index contributed by atoms with van der Waals surface area (Å²) in [5.74, 6) is -5.51. The van der Waals surface area contributed by atoms with Crippen molar-refractivity contribution in [1.29, 1.82) is 0 Å². The second kappa shape index (κ2) is 49.3. The van der Waals surface area contributed by atoms with Gasteiger partial charge in [-0.15, -0.1) is 0 Å². The molecular weight excluding hydrogens is 1790 g/mol. The first-order chi connectivity index (χ1) is 66.0. The van der Waals surface area contributed by atoms with Gasteiger partial charge in [0.15, 0.2) is 24.8 Å². The van der Waals surface area contributed by atoms with Gasteiger partial charge in [0.2, 0.25) is 0 Å². The van der Waals surface area contributed by atoms with Gasteiger partial charge < -0.3 is 165 Å². The van der Waals surface area contributed by atoms with Crippen molar-refractivity contribution in [2.45, 2.75) is 282 Å². The van der Waals surface area contributed by atoms with E-state index in [4.69, 9.17) is 111 Å². The molecule has 0 radical (unpaired) electrons. The minimum Gasteiger partial charge on any atom is -0.463 e. The average Bonchev–Trinajstić information content (AvgIpc) is 1.59. The van der Waals surface area contributed by atoms with Crippen molar-refractivity contribution in [2.24, 2.45) is 46.1 Å². The molecule has 4 saturated heterocycles. The first kappa shape index (κ1) is 102. The van der Waals surface area contributed by atoms with Crippen molar-refractivity contribution >= 4 is 115 Å². The summed E-state index contributed by atoms with van der Waals surface area (Å²) in [6.45, 7) is 12.4. The van der Waals surface area contributed by atoms with E-state index in [1.807, 2.05) is 30.3 Å². The Morgan fingerprint density at radius 3 is 0.978 bits per heavy atom. The van der Waals surface area contributed by atoms with Gasteiger partial charge in [0, 0.05) is 31.4 Å². The molecule has 4 aliphatic rings. The third-order valence-corrected chi connectivity index (χ3v) is 22.7. The van der Waals surface area contributed by atoms with Crippen LogP contribution >= 0.6 is 0 Å². The Bertz CT molecular complexity index is 5900. The fourth-order valence-electron chi connectivity index (χ4n) is 15.3. The van der Waals surface area contributed by atoms with Crippen molar-refractivity contribution in [3.63, 3.8) is 0 Å². The third-order valence-electron chi connectivity index (χ3n) is 22.7. The number of benzene rings is 1. The first-order valence-corrected chi connectivity index (χ1v) is 44.5. The molecule has 0 saturated carbocycles. The number of nitrogens with two attached hydrogens (primary N) is 11. The van der Waals surface area contributed by atoms with E-state index in [2.05, 4.69) is 46.8 Å². The normalized spacial score (nSPS) is 25.5. The summed E-state index contributed by atoms with van der Waals surface area (Å²) in [4.78, 5) is 129. The predicted octanol–water partition coefficient (Wildman–Crippen LogP) is 0.757. The number of esters is 4. The van der Waals surface area contributed by atoms with E-state index in [-0.39, 0.29) is 146 Å². The zero-order chi connectivity index (χ0) is 103. The number of aliphatic hydroxyl groups is 8. The number of carbonyl (C=O) groups excluding carboxylic acids is 8. The number of unbranched alkanes of at least 4 members (excludes halogenated alkanes) is 13. The number of nitrogen functional groups attached to an aromatic ring is 4. The van der Waals surface area contributed by atoms with Crippen LogP contribution in [0.5, 0.6) is 0 Å². The second-order valence-corrected chi connectivity index (χ2v) is 33.6. The zero-order valence-corrected chi connectivity index (χ0v) is 76.7. The van der Waals surface area contributed by atoms with E-state index in [0.29, 0.717) is 6.61 Å². The molecule has 0 aliphatic carbocycles. The average molecular weight is 1930 g/mol. The molecule has 48 heteroatoms. The third kappa shape index (κ3) is 26.7. The maximum atomic E-state index is 12.4. The molecule has 0 spiro atoms. The van der Waals surface area contributed by atoms with Gasteiger partial charge in [-0.25, -0.2) is 39.9 Å². The lowest BCUT2D eigenvalue weighted by atomic mass is 10.0. The molecule has 4 fully saturated rings. The molecule has 9 aromatic rings. The van der Waals surface area contributed by atoms with Gasteiger partial charge in [0.1, 0.15) is 187 Å². The SMILES string of the molecule is C.[2H]C1(n2cc(C(N)=O)c3c(N)nc(C)nc32)OC(COC(=O)CCOCCCCCCCCCCCCCCCC)C(O)C1O.[2H]C1(n2cc(C(N)=O)c3c(N)nc(C)nc32)OC(COC(=O)[C@@H](N)C(C)C)C(O)C1O.[2H]C1(n2cc(C(N)=O)c3c(N)nc(C)nc32)OC(COC(=O)[C@@H](N)Cc2ccccc2)C(O)C1O.[2H]C1(n2cc(C(N)=O)c3c(N)nc(C)nc32)OC(COC(=O)[C@H](C)N)C(O)C1O. The molecule has 19 atom stereocenters. The molecule has 0 bridgehead atoms. The van der Waals surface area contributed by atoms with Crippen LogP contribution in [0.15, 0.2) is 55.1 Å². The summed E-state index contributed by atoms with van der Waals surface area (Å²) >= 11 is 0. The largest absolute Gasteiger partial charge is 0.463 e. The molecule has 4 amide bonds. The highest BCUT2D eigenvalue weighted by atomic mass is 16.6. The van der Waals surface area contributed by atoms with E-state index in [0.717, 1.165) is 55.3 Å². The topological polar surface area (TPSA) is 791 Å². The van der Waals surface area contributed by atoms with E-state index < -0.39 is 190 Å². The first-order valence-electron chi connectivity index (χ1n) is 46.5. The molecular formula is C89H131N23O25. The van der Waals surface area contributed by atoms with Crippen molar-refractivity contribution in [1.82, 2.24) is 58.1 Å². The Kier molecular flexibility index (Phi) is 36.9. The number of nitrogens with zero attached hydrogens (tertiary/aromatic N) is 12. The van der Waals surface area contributed by atoms with E-state index in [1.54, 1.807) is 41.5 Å². The number of carbonyl (C=O) groups is 8. The maximum Gasteiger partial charge on any atom is 0.323 e. The van der Waals surface area contributed by atoms with Gasteiger partial charge in [0.05, 0.1) is 62.3 Å². The van der Waals surface area contributed by atoms with Gasteiger partial charge >= 0.3 is 23.9 Å². The smallest absolute Gasteiger partial charge is 0.323 e. The van der Waals surface area contributed by atoms with Crippen LogP contribution in [0.3, 0.4) is 0 Å². The highest BCUT2D eigenvalue weighted by Crippen LogP contribution is 2.41. The number of hydrogen-bond acceptors (Lipinski definition) is 40. The number of rotatable bonds is 40. The van der Waals surface area contributed by atoms with Crippen molar-refractivity contribution < 1.29 is 127 Å². The minimum absolute atomic E-state index is 0. The molecule has 752 valence electrons. The lowest BCUT2D eigenvalue weighted by Crippen LogP contribution is -2.40. The molecule has 4 aliphatic heterocycles. The summed E-state index contributed by atoms with van der Waals surface area (Å²) in [7, 11) is 0. The number of ether oxygens (including phenoxy) is 9. The van der Waals surface area contributed by atoms with Gasteiger partial charge in [0.25, 0.3) is 23.6 Å².